The van der Waals surface area contributed by atoms with Crippen LogP contribution in [-0.4, -0.2) is 21.3 Å². The number of hydrogen-bond donors (Lipinski definition) is 1. The highest BCUT2D eigenvalue weighted by atomic mass is 32.2. The molecule has 2 N–H and O–H groups in total. The number of nitrogens with zero attached hydrogens (tertiary/aromatic N) is 2. The van der Waals surface area contributed by atoms with E-state index in [2.05, 4.69) is 23.5 Å². The summed E-state index contributed by atoms with van der Waals surface area (Å²) >= 11 is 1.91. The van der Waals surface area contributed by atoms with E-state index in [0.29, 0.717) is 11.2 Å². The predicted octanol–water partition coefficient (Wildman–Crippen LogP) is 2.28. The second-order valence-corrected chi connectivity index (χ2v) is 6.10. The van der Waals surface area contributed by atoms with Crippen LogP contribution in [0.3, 0.4) is 0 Å². The van der Waals surface area contributed by atoms with Gasteiger partial charge in [0.05, 0.1) is 0 Å². The monoisotopic (exact) mass is 239 g/mol. The lowest BCUT2D eigenvalue weighted by molar-refractivity contribution is 0.305. The molecule has 3 atom stereocenters. The number of rotatable bonds is 3. The molecule has 1 aliphatic carbocycles. The summed E-state index contributed by atoms with van der Waals surface area (Å²) in [5, 5.41) is 1.77. The summed E-state index contributed by atoms with van der Waals surface area (Å²) in [6.45, 7) is 3.16. The van der Waals surface area contributed by atoms with Crippen molar-refractivity contribution in [1.29, 1.82) is 0 Å². The molecule has 0 saturated heterocycles. The molecule has 0 radical (unpaired) electrons. The molecule has 1 fully saturated rings. The molecule has 2 rings (SSSR count). The summed E-state index contributed by atoms with van der Waals surface area (Å²) in [6.07, 6.45) is 7.76. The van der Waals surface area contributed by atoms with Gasteiger partial charge in [0.2, 0.25) is 0 Å². The summed E-state index contributed by atoms with van der Waals surface area (Å²) in [6, 6.07) is 0. The van der Waals surface area contributed by atoms with Crippen LogP contribution >= 0.6 is 11.8 Å². The number of hydrogen-bond acceptors (Lipinski definition) is 3. The summed E-state index contributed by atoms with van der Waals surface area (Å²) in [7, 11) is 2.05. The molecule has 0 amide bonds. The molecule has 1 aromatic rings. The quantitative estimate of drug-likeness (QED) is 0.880. The van der Waals surface area contributed by atoms with E-state index in [-0.39, 0.29) is 0 Å². The lowest BCUT2D eigenvalue weighted by atomic mass is 9.82. The number of thioether (sulfide) groups is 1. The predicted molar refractivity (Wildman–Crippen MR) is 68.4 cm³/mol. The Kier molecular flexibility index (Phi) is 3.92. The van der Waals surface area contributed by atoms with Gasteiger partial charge in [-0.05, 0) is 31.2 Å². The summed E-state index contributed by atoms with van der Waals surface area (Å²) in [4.78, 5) is 4.39. The Hall–Kier alpha value is -0.480. The van der Waals surface area contributed by atoms with Gasteiger partial charge in [0.25, 0.3) is 0 Å². The van der Waals surface area contributed by atoms with Gasteiger partial charge in [-0.2, -0.15) is 0 Å². The molecule has 16 heavy (non-hydrogen) atoms. The Bertz CT molecular complexity index is 337. The lowest BCUT2D eigenvalue weighted by Crippen LogP contribution is -2.31. The highest BCUT2D eigenvalue weighted by molar-refractivity contribution is 7.99. The zero-order chi connectivity index (χ0) is 11.5. The van der Waals surface area contributed by atoms with E-state index in [0.717, 1.165) is 17.6 Å². The maximum absolute atomic E-state index is 5.87. The molecule has 1 aromatic heterocycles. The molecule has 90 valence electrons. The van der Waals surface area contributed by atoms with Crippen molar-refractivity contribution in [2.75, 3.05) is 6.54 Å². The van der Waals surface area contributed by atoms with Gasteiger partial charge in [0, 0.05) is 24.7 Å². The van der Waals surface area contributed by atoms with Crippen molar-refractivity contribution in [3.8, 4) is 0 Å². The van der Waals surface area contributed by atoms with E-state index in [1.807, 2.05) is 24.2 Å². The fraction of sp³-hybridized carbons (Fsp3) is 0.750. The Morgan fingerprint density at radius 2 is 2.38 bits per heavy atom. The van der Waals surface area contributed by atoms with E-state index in [1.165, 1.54) is 19.3 Å². The average molecular weight is 239 g/mol. The third-order valence-corrected chi connectivity index (χ3v) is 5.01. The van der Waals surface area contributed by atoms with Crippen LogP contribution in [-0.2, 0) is 7.05 Å². The van der Waals surface area contributed by atoms with Gasteiger partial charge in [0.15, 0.2) is 5.16 Å². The fourth-order valence-corrected chi connectivity index (χ4v) is 3.89. The molecule has 1 heterocycles. The molecular formula is C12H21N3S. The summed E-state index contributed by atoms with van der Waals surface area (Å²) < 4.78 is 2.09. The first kappa shape index (κ1) is 12.0. The first-order valence-corrected chi connectivity index (χ1v) is 6.92. The molecule has 4 heteroatoms. The maximum Gasteiger partial charge on any atom is 0.167 e. The van der Waals surface area contributed by atoms with E-state index >= 15 is 0 Å². The van der Waals surface area contributed by atoms with Crippen LogP contribution in [0.15, 0.2) is 17.6 Å². The zero-order valence-electron chi connectivity index (χ0n) is 10.1. The van der Waals surface area contributed by atoms with Gasteiger partial charge in [-0.1, -0.05) is 25.1 Å². The van der Waals surface area contributed by atoms with Crippen molar-refractivity contribution in [3.05, 3.63) is 12.4 Å². The highest BCUT2D eigenvalue weighted by Gasteiger charge is 2.29. The van der Waals surface area contributed by atoms with Crippen molar-refractivity contribution >= 4 is 11.8 Å². The molecule has 3 nitrogen and oxygen atoms in total. The van der Waals surface area contributed by atoms with Crippen LogP contribution in [0.4, 0.5) is 0 Å². The second-order valence-electron chi connectivity index (χ2n) is 4.89. The largest absolute Gasteiger partial charge is 0.330 e. The first-order chi connectivity index (χ1) is 7.70. The fourth-order valence-electron chi connectivity index (χ4n) is 2.41. The Morgan fingerprint density at radius 3 is 3.00 bits per heavy atom. The smallest absolute Gasteiger partial charge is 0.167 e. The summed E-state index contributed by atoms with van der Waals surface area (Å²) in [5.41, 5.74) is 5.87. The van der Waals surface area contributed by atoms with Crippen LogP contribution in [0.2, 0.25) is 0 Å². The number of aromatic nitrogens is 2. The minimum absolute atomic E-state index is 0.648. The maximum atomic E-state index is 5.87. The van der Waals surface area contributed by atoms with Crippen LogP contribution in [0.25, 0.3) is 0 Å². The van der Waals surface area contributed by atoms with Crippen molar-refractivity contribution in [1.82, 2.24) is 9.55 Å². The van der Waals surface area contributed by atoms with E-state index in [4.69, 9.17) is 5.73 Å². The molecule has 1 saturated carbocycles. The minimum Gasteiger partial charge on any atom is -0.330 e. The number of nitrogens with two attached hydrogens (primary N) is 1. The van der Waals surface area contributed by atoms with Gasteiger partial charge in [-0.15, -0.1) is 0 Å². The zero-order valence-corrected chi connectivity index (χ0v) is 10.9. The van der Waals surface area contributed by atoms with Gasteiger partial charge in [-0.3, -0.25) is 0 Å². The minimum atomic E-state index is 0.648. The van der Waals surface area contributed by atoms with Crippen LogP contribution in [0, 0.1) is 11.8 Å². The second kappa shape index (κ2) is 5.23. The van der Waals surface area contributed by atoms with Gasteiger partial charge >= 0.3 is 0 Å². The normalized spacial score (nSPS) is 30.6. The Balaban J connectivity index is 2.03. The molecule has 1 aliphatic rings. The highest BCUT2D eigenvalue weighted by Crippen LogP contribution is 2.38. The van der Waals surface area contributed by atoms with Crippen molar-refractivity contribution in [3.63, 3.8) is 0 Å². The van der Waals surface area contributed by atoms with Crippen LogP contribution < -0.4 is 5.73 Å². The third-order valence-electron chi connectivity index (χ3n) is 3.53. The molecule has 0 aromatic carbocycles. The molecule has 3 unspecified atom stereocenters. The van der Waals surface area contributed by atoms with Crippen LogP contribution in [0.1, 0.15) is 26.2 Å². The summed E-state index contributed by atoms with van der Waals surface area (Å²) in [5.74, 6) is 1.50. The van der Waals surface area contributed by atoms with Gasteiger partial charge in [-0.25, -0.2) is 4.98 Å². The van der Waals surface area contributed by atoms with Gasteiger partial charge in [0.1, 0.15) is 0 Å². The molecular weight excluding hydrogens is 218 g/mol. The van der Waals surface area contributed by atoms with E-state index in [9.17, 15) is 0 Å². The molecule has 0 aliphatic heterocycles. The topological polar surface area (TPSA) is 43.8 Å². The lowest BCUT2D eigenvalue weighted by Gasteiger charge is -2.33. The number of imidazole rings is 1. The SMILES string of the molecule is CC1CCC(CN)C(Sc2nccn2C)C1. The van der Waals surface area contributed by atoms with Crippen molar-refractivity contribution in [2.45, 2.75) is 36.6 Å². The van der Waals surface area contributed by atoms with Crippen LogP contribution in [0.5, 0.6) is 0 Å². The number of aryl methyl sites for hydroxylation is 1. The van der Waals surface area contributed by atoms with E-state index in [1.54, 1.807) is 0 Å². The van der Waals surface area contributed by atoms with Crippen molar-refractivity contribution in [2.24, 2.45) is 24.6 Å². The van der Waals surface area contributed by atoms with E-state index < -0.39 is 0 Å². The third kappa shape index (κ3) is 2.61. The Labute approximate surface area is 102 Å². The average Bonchev–Trinajstić information content (AvgIpc) is 2.65. The Morgan fingerprint density at radius 1 is 1.56 bits per heavy atom. The molecule has 0 bridgehead atoms. The molecule has 0 spiro atoms. The van der Waals surface area contributed by atoms with Crippen molar-refractivity contribution < 1.29 is 0 Å². The first-order valence-electron chi connectivity index (χ1n) is 6.04. The van der Waals surface area contributed by atoms with Gasteiger partial charge < -0.3 is 10.3 Å². The standard InChI is InChI=1S/C12H21N3S/c1-9-3-4-10(8-13)11(7-9)16-12-14-5-6-15(12)2/h5-6,9-11H,3-4,7-8,13H2,1-2H3.